The topological polar surface area (TPSA) is 50.2 Å². The Morgan fingerprint density at radius 1 is 1.38 bits per heavy atom. The fourth-order valence-electron chi connectivity index (χ4n) is 3.62. The molecule has 2 aromatic rings. The predicted octanol–water partition coefficient (Wildman–Crippen LogP) is 2.35. The van der Waals surface area contributed by atoms with E-state index in [1.165, 1.54) is 0 Å². The highest BCUT2D eigenvalue weighted by Crippen LogP contribution is 2.50. The van der Waals surface area contributed by atoms with Gasteiger partial charge in [0, 0.05) is 49.4 Å². The van der Waals surface area contributed by atoms with Gasteiger partial charge in [0.15, 0.2) is 0 Å². The van der Waals surface area contributed by atoms with Crippen molar-refractivity contribution in [2.45, 2.75) is 18.4 Å². The fourth-order valence-corrected chi connectivity index (χ4v) is 3.89. The third kappa shape index (κ3) is 2.94. The Kier molecular flexibility index (Phi) is 4.06. The largest absolute Gasteiger partial charge is 0.339 e. The normalized spacial score (nSPS) is 26.4. The number of nitrogens with one attached hydrogen (secondary N) is 1. The Hall–Kier alpha value is -1.85. The molecule has 1 aliphatic heterocycles. The molecular weight excluding hydrogens is 324 g/mol. The van der Waals surface area contributed by atoms with Crippen molar-refractivity contribution in [2.75, 3.05) is 19.6 Å². The molecular formula is C18H21ClN4O. The van der Waals surface area contributed by atoms with E-state index in [0.717, 1.165) is 35.7 Å². The standard InChI is InChI=1S/C18H21ClN4O/c1-22-10-12(9-21-22)17-11-23(7-6-20-17)18(24)15-8-14(15)13-4-2-3-5-16(13)19/h2-5,9-10,14-15,17,20H,6-8,11H2,1H3/t14-,15+,17+/m0/s1. The van der Waals surface area contributed by atoms with Crippen molar-refractivity contribution < 1.29 is 4.79 Å². The first kappa shape index (κ1) is 15.7. The van der Waals surface area contributed by atoms with Gasteiger partial charge in [0.2, 0.25) is 5.91 Å². The van der Waals surface area contributed by atoms with E-state index >= 15 is 0 Å². The zero-order valence-electron chi connectivity index (χ0n) is 13.7. The summed E-state index contributed by atoms with van der Waals surface area (Å²) >= 11 is 6.28. The first-order chi connectivity index (χ1) is 11.6. The van der Waals surface area contributed by atoms with E-state index in [-0.39, 0.29) is 23.8 Å². The molecule has 1 aliphatic carbocycles. The molecule has 0 spiro atoms. The highest BCUT2D eigenvalue weighted by Gasteiger charge is 2.47. The average Bonchev–Trinajstić information content (AvgIpc) is 3.27. The molecule has 2 fully saturated rings. The first-order valence-electron chi connectivity index (χ1n) is 8.38. The monoisotopic (exact) mass is 344 g/mol. The molecule has 24 heavy (non-hydrogen) atoms. The van der Waals surface area contributed by atoms with Gasteiger partial charge in [-0.1, -0.05) is 29.8 Å². The lowest BCUT2D eigenvalue weighted by molar-refractivity contribution is -0.133. The Labute approximate surface area is 146 Å². The maximum Gasteiger partial charge on any atom is 0.226 e. The van der Waals surface area contributed by atoms with Gasteiger partial charge in [-0.2, -0.15) is 5.10 Å². The molecule has 1 amide bonds. The fraction of sp³-hybridized carbons (Fsp3) is 0.444. The van der Waals surface area contributed by atoms with E-state index in [2.05, 4.69) is 10.4 Å². The number of amides is 1. The summed E-state index contributed by atoms with van der Waals surface area (Å²) in [5.41, 5.74) is 2.24. The van der Waals surface area contributed by atoms with Crippen molar-refractivity contribution in [3.8, 4) is 0 Å². The van der Waals surface area contributed by atoms with Gasteiger partial charge in [0.1, 0.15) is 0 Å². The van der Waals surface area contributed by atoms with Crippen LogP contribution in [0.4, 0.5) is 0 Å². The van der Waals surface area contributed by atoms with Gasteiger partial charge in [-0.25, -0.2) is 0 Å². The second kappa shape index (κ2) is 6.22. The molecule has 1 saturated carbocycles. The minimum Gasteiger partial charge on any atom is -0.339 e. The summed E-state index contributed by atoms with van der Waals surface area (Å²) in [6.07, 6.45) is 4.79. The molecule has 4 rings (SSSR count). The second-order valence-electron chi connectivity index (χ2n) is 6.71. The lowest BCUT2D eigenvalue weighted by atomic mass is 10.1. The van der Waals surface area contributed by atoms with E-state index in [1.54, 1.807) is 4.68 Å². The maximum atomic E-state index is 12.9. The number of hydrogen-bond donors (Lipinski definition) is 1. The Balaban J connectivity index is 1.43. The van der Waals surface area contributed by atoms with Crippen molar-refractivity contribution in [2.24, 2.45) is 13.0 Å². The Morgan fingerprint density at radius 2 is 2.21 bits per heavy atom. The van der Waals surface area contributed by atoms with Crippen molar-refractivity contribution in [3.05, 3.63) is 52.8 Å². The molecule has 1 saturated heterocycles. The summed E-state index contributed by atoms with van der Waals surface area (Å²) in [5, 5.41) is 8.48. The number of benzene rings is 1. The lowest BCUT2D eigenvalue weighted by Gasteiger charge is -2.33. The second-order valence-corrected chi connectivity index (χ2v) is 7.12. The number of aryl methyl sites for hydroxylation is 1. The highest BCUT2D eigenvalue weighted by atomic mass is 35.5. The Morgan fingerprint density at radius 3 is 2.96 bits per heavy atom. The minimum atomic E-state index is 0.0811. The number of carbonyl (C=O) groups is 1. The van der Waals surface area contributed by atoms with Crippen LogP contribution in [-0.4, -0.2) is 40.2 Å². The van der Waals surface area contributed by atoms with E-state index in [9.17, 15) is 4.79 Å². The molecule has 126 valence electrons. The molecule has 1 N–H and O–H groups in total. The van der Waals surface area contributed by atoms with Crippen LogP contribution in [0.1, 0.15) is 29.5 Å². The highest BCUT2D eigenvalue weighted by molar-refractivity contribution is 6.31. The molecule has 0 unspecified atom stereocenters. The van der Waals surface area contributed by atoms with Crippen LogP contribution in [0.25, 0.3) is 0 Å². The number of carbonyl (C=O) groups excluding carboxylic acids is 1. The van der Waals surface area contributed by atoms with Crippen LogP contribution in [0.15, 0.2) is 36.7 Å². The number of aromatic nitrogens is 2. The van der Waals surface area contributed by atoms with E-state index in [0.29, 0.717) is 6.54 Å². The summed E-state index contributed by atoms with van der Waals surface area (Å²) < 4.78 is 1.80. The zero-order valence-corrected chi connectivity index (χ0v) is 14.4. The molecule has 2 heterocycles. The van der Waals surface area contributed by atoms with Crippen molar-refractivity contribution >= 4 is 17.5 Å². The van der Waals surface area contributed by atoms with Crippen molar-refractivity contribution in [3.63, 3.8) is 0 Å². The molecule has 5 nitrogen and oxygen atoms in total. The smallest absolute Gasteiger partial charge is 0.226 e. The molecule has 1 aromatic carbocycles. The average molecular weight is 345 g/mol. The van der Waals surface area contributed by atoms with Crippen molar-refractivity contribution in [1.29, 1.82) is 0 Å². The van der Waals surface area contributed by atoms with E-state index < -0.39 is 0 Å². The van der Waals surface area contributed by atoms with Crippen LogP contribution < -0.4 is 5.32 Å². The van der Waals surface area contributed by atoms with Crippen LogP contribution in [0, 0.1) is 5.92 Å². The summed E-state index contributed by atoms with van der Waals surface area (Å²) in [5.74, 6) is 0.616. The van der Waals surface area contributed by atoms with Gasteiger partial charge in [-0.05, 0) is 24.0 Å². The van der Waals surface area contributed by atoms with E-state index in [1.807, 2.05) is 48.6 Å². The van der Waals surface area contributed by atoms with Gasteiger partial charge in [0.25, 0.3) is 0 Å². The summed E-state index contributed by atoms with van der Waals surface area (Å²) in [4.78, 5) is 14.9. The van der Waals surface area contributed by atoms with Crippen LogP contribution in [0.2, 0.25) is 5.02 Å². The molecule has 0 radical (unpaired) electrons. The molecule has 3 atom stereocenters. The van der Waals surface area contributed by atoms with Crippen LogP contribution >= 0.6 is 11.6 Å². The van der Waals surface area contributed by atoms with Gasteiger partial charge < -0.3 is 10.2 Å². The van der Waals surface area contributed by atoms with Gasteiger partial charge in [-0.15, -0.1) is 0 Å². The zero-order chi connectivity index (χ0) is 16.7. The number of nitrogens with zero attached hydrogens (tertiary/aromatic N) is 3. The number of rotatable bonds is 3. The molecule has 0 bridgehead atoms. The molecule has 2 aliphatic rings. The number of halogens is 1. The number of piperazine rings is 1. The number of hydrogen-bond acceptors (Lipinski definition) is 3. The Bertz CT molecular complexity index is 759. The van der Waals surface area contributed by atoms with Gasteiger partial charge in [0.05, 0.1) is 12.2 Å². The summed E-state index contributed by atoms with van der Waals surface area (Å²) in [6.45, 7) is 2.28. The summed E-state index contributed by atoms with van der Waals surface area (Å²) in [7, 11) is 1.91. The van der Waals surface area contributed by atoms with E-state index in [4.69, 9.17) is 11.6 Å². The maximum absolute atomic E-state index is 12.9. The minimum absolute atomic E-state index is 0.0811. The lowest BCUT2D eigenvalue weighted by Crippen LogP contribution is -2.48. The molecule has 1 aromatic heterocycles. The first-order valence-corrected chi connectivity index (χ1v) is 8.76. The van der Waals surface area contributed by atoms with Gasteiger partial charge >= 0.3 is 0 Å². The SMILES string of the molecule is Cn1cc([C@H]2CN(C(=O)[C@@H]3C[C@H]3c3ccccc3Cl)CCN2)cn1. The predicted molar refractivity (Wildman–Crippen MR) is 92.8 cm³/mol. The molecule has 6 heteroatoms. The van der Waals surface area contributed by atoms with Gasteiger partial charge in [-0.3, -0.25) is 9.48 Å². The van der Waals surface area contributed by atoms with Crippen LogP contribution in [0.5, 0.6) is 0 Å². The van der Waals surface area contributed by atoms with Crippen molar-refractivity contribution in [1.82, 2.24) is 20.0 Å². The third-order valence-electron chi connectivity index (χ3n) is 5.03. The summed E-state index contributed by atoms with van der Waals surface area (Å²) in [6, 6.07) is 8.02. The third-order valence-corrected chi connectivity index (χ3v) is 5.37. The van der Waals surface area contributed by atoms with Crippen LogP contribution in [-0.2, 0) is 11.8 Å². The quantitative estimate of drug-likeness (QED) is 0.930. The van der Waals surface area contributed by atoms with Crippen LogP contribution in [0.3, 0.4) is 0 Å².